The van der Waals surface area contributed by atoms with Crippen LogP contribution in [0.4, 0.5) is 4.39 Å². The van der Waals surface area contributed by atoms with Gasteiger partial charge in [0.1, 0.15) is 5.82 Å². The Morgan fingerprint density at radius 2 is 2.17 bits per heavy atom. The minimum Gasteiger partial charge on any atom is -0.387 e. The minimum atomic E-state index is -3.36. The number of hydrogen-bond acceptors (Lipinski definition) is 3. The number of sulfonamides is 1. The van der Waals surface area contributed by atoms with Crippen molar-refractivity contribution in [2.45, 2.75) is 25.9 Å². The number of hydrogen-bond donors (Lipinski definition) is 2. The van der Waals surface area contributed by atoms with Gasteiger partial charge < -0.3 is 5.11 Å². The summed E-state index contributed by atoms with van der Waals surface area (Å²) in [6.07, 6.45) is 0.316. The molecule has 0 aliphatic carbocycles. The van der Waals surface area contributed by atoms with E-state index < -0.39 is 21.9 Å². The van der Waals surface area contributed by atoms with E-state index in [1.165, 1.54) is 18.2 Å². The van der Waals surface area contributed by atoms with Crippen LogP contribution in [0.5, 0.6) is 0 Å². The van der Waals surface area contributed by atoms with Crippen molar-refractivity contribution in [3.8, 4) is 0 Å². The monoisotopic (exact) mass is 275 g/mol. The van der Waals surface area contributed by atoms with Gasteiger partial charge in [0.15, 0.2) is 0 Å². The van der Waals surface area contributed by atoms with Crippen LogP contribution >= 0.6 is 0 Å². The molecule has 1 rings (SSSR count). The Bertz CT molecular complexity index is 476. The van der Waals surface area contributed by atoms with Gasteiger partial charge in [-0.2, -0.15) is 0 Å². The third kappa shape index (κ3) is 5.12. The number of halogens is 1. The van der Waals surface area contributed by atoms with Gasteiger partial charge >= 0.3 is 0 Å². The summed E-state index contributed by atoms with van der Waals surface area (Å²) in [6, 6.07) is 5.47. The number of rotatable bonds is 7. The molecule has 0 spiro atoms. The molecule has 102 valence electrons. The van der Waals surface area contributed by atoms with E-state index in [0.717, 1.165) is 6.42 Å². The second-order valence-electron chi connectivity index (χ2n) is 4.09. The smallest absolute Gasteiger partial charge is 0.211 e. The molecular formula is C12H18FNO3S. The van der Waals surface area contributed by atoms with Crippen LogP contribution in [0, 0.1) is 5.82 Å². The molecule has 0 aliphatic heterocycles. The van der Waals surface area contributed by atoms with E-state index in [1.807, 2.05) is 6.92 Å². The Labute approximate surface area is 107 Å². The highest BCUT2D eigenvalue weighted by molar-refractivity contribution is 7.89. The van der Waals surface area contributed by atoms with Crippen molar-refractivity contribution in [1.29, 1.82) is 0 Å². The fourth-order valence-electron chi connectivity index (χ4n) is 1.44. The van der Waals surface area contributed by atoms with E-state index in [1.54, 1.807) is 6.07 Å². The highest BCUT2D eigenvalue weighted by atomic mass is 32.2. The molecule has 0 aliphatic rings. The fraction of sp³-hybridized carbons (Fsp3) is 0.500. The molecular weight excluding hydrogens is 257 g/mol. The number of aliphatic hydroxyl groups is 1. The Morgan fingerprint density at radius 1 is 1.44 bits per heavy atom. The van der Waals surface area contributed by atoms with E-state index in [0.29, 0.717) is 12.0 Å². The van der Waals surface area contributed by atoms with Gasteiger partial charge in [-0.05, 0) is 24.1 Å². The molecule has 0 amide bonds. The average molecular weight is 275 g/mol. The quantitative estimate of drug-likeness (QED) is 0.794. The van der Waals surface area contributed by atoms with Crippen LogP contribution in [0.1, 0.15) is 31.4 Å². The van der Waals surface area contributed by atoms with Crippen molar-refractivity contribution < 1.29 is 17.9 Å². The summed E-state index contributed by atoms with van der Waals surface area (Å²) in [6.45, 7) is 1.76. The molecule has 2 N–H and O–H groups in total. The van der Waals surface area contributed by atoms with E-state index in [9.17, 15) is 17.9 Å². The van der Waals surface area contributed by atoms with Crippen molar-refractivity contribution in [3.05, 3.63) is 35.6 Å². The number of unbranched alkanes of at least 4 members (excludes halogenated alkanes) is 1. The summed E-state index contributed by atoms with van der Waals surface area (Å²) in [5, 5.41) is 9.74. The van der Waals surface area contributed by atoms with Gasteiger partial charge in [-0.15, -0.1) is 0 Å². The largest absolute Gasteiger partial charge is 0.387 e. The van der Waals surface area contributed by atoms with Gasteiger partial charge in [0.25, 0.3) is 0 Å². The SMILES string of the molecule is CCCCS(=O)(=O)NC[C@@H](O)c1cccc(F)c1. The highest BCUT2D eigenvalue weighted by Gasteiger charge is 2.14. The standard InChI is InChI=1S/C12H18FNO3S/c1-2-3-7-18(16,17)14-9-12(15)10-5-4-6-11(13)8-10/h4-6,8,12,14-15H,2-3,7,9H2,1H3/t12-/m1/s1. The summed E-state index contributed by atoms with van der Waals surface area (Å²) < 4.78 is 38.2. The maximum atomic E-state index is 12.9. The lowest BCUT2D eigenvalue weighted by Gasteiger charge is -2.12. The molecule has 0 saturated heterocycles. The summed E-state index contributed by atoms with van der Waals surface area (Å²) in [5.41, 5.74) is 0.355. The third-order valence-corrected chi connectivity index (χ3v) is 3.93. The highest BCUT2D eigenvalue weighted by Crippen LogP contribution is 2.13. The van der Waals surface area contributed by atoms with Crippen LogP contribution in [0.3, 0.4) is 0 Å². The maximum absolute atomic E-state index is 12.9. The lowest BCUT2D eigenvalue weighted by Crippen LogP contribution is -2.30. The minimum absolute atomic E-state index is 0.0410. The van der Waals surface area contributed by atoms with Gasteiger partial charge in [-0.3, -0.25) is 0 Å². The molecule has 0 fully saturated rings. The van der Waals surface area contributed by atoms with Crippen LogP contribution in [0.25, 0.3) is 0 Å². The number of nitrogens with one attached hydrogen (secondary N) is 1. The Kier molecular flexibility index (Phi) is 5.71. The molecule has 0 heterocycles. The van der Waals surface area contributed by atoms with Crippen molar-refractivity contribution in [1.82, 2.24) is 4.72 Å². The molecule has 1 atom stereocenters. The zero-order chi connectivity index (χ0) is 13.6. The first kappa shape index (κ1) is 15.1. The molecule has 0 aromatic heterocycles. The second-order valence-corrected chi connectivity index (χ2v) is 6.02. The van der Waals surface area contributed by atoms with Gasteiger partial charge in [0.05, 0.1) is 11.9 Å². The normalized spacial score (nSPS) is 13.5. The van der Waals surface area contributed by atoms with Gasteiger partial charge in [-0.25, -0.2) is 17.5 Å². The molecule has 6 heteroatoms. The zero-order valence-corrected chi connectivity index (χ0v) is 11.1. The van der Waals surface area contributed by atoms with E-state index in [2.05, 4.69) is 4.72 Å². The van der Waals surface area contributed by atoms with Crippen LogP contribution in [-0.4, -0.2) is 25.8 Å². The molecule has 18 heavy (non-hydrogen) atoms. The molecule has 4 nitrogen and oxygen atoms in total. The lowest BCUT2D eigenvalue weighted by atomic mass is 10.1. The molecule has 0 bridgehead atoms. The Balaban J connectivity index is 2.53. The van der Waals surface area contributed by atoms with Gasteiger partial charge in [0.2, 0.25) is 10.0 Å². The molecule has 0 saturated carbocycles. The van der Waals surface area contributed by atoms with E-state index in [4.69, 9.17) is 0 Å². The second kappa shape index (κ2) is 6.82. The Morgan fingerprint density at radius 3 is 2.78 bits per heavy atom. The van der Waals surface area contributed by atoms with Crippen LogP contribution in [0.15, 0.2) is 24.3 Å². The van der Waals surface area contributed by atoms with E-state index >= 15 is 0 Å². The first-order valence-electron chi connectivity index (χ1n) is 5.85. The molecule has 1 aromatic rings. The van der Waals surface area contributed by atoms with Crippen molar-refractivity contribution >= 4 is 10.0 Å². The molecule has 1 aromatic carbocycles. The van der Waals surface area contributed by atoms with Crippen molar-refractivity contribution in [2.75, 3.05) is 12.3 Å². The summed E-state index contributed by atoms with van der Waals surface area (Å²) >= 11 is 0. The first-order valence-corrected chi connectivity index (χ1v) is 7.50. The predicted molar refractivity (Wildman–Crippen MR) is 68.1 cm³/mol. The summed E-state index contributed by atoms with van der Waals surface area (Å²) in [4.78, 5) is 0. The van der Waals surface area contributed by atoms with Crippen molar-refractivity contribution in [2.24, 2.45) is 0 Å². The van der Waals surface area contributed by atoms with Gasteiger partial charge in [0, 0.05) is 6.54 Å². The number of aliphatic hydroxyl groups excluding tert-OH is 1. The first-order chi connectivity index (χ1) is 8.44. The zero-order valence-electron chi connectivity index (χ0n) is 10.3. The lowest BCUT2D eigenvalue weighted by molar-refractivity contribution is 0.181. The van der Waals surface area contributed by atoms with Crippen molar-refractivity contribution in [3.63, 3.8) is 0 Å². The Hall–Kier alpha value is -0.980. The summed E-state index contributed by atoms with van der Waals surface area (Å²) in [5.74, 6) is -0.417. The maximum Gasteiger partial charge on any atom is 0.211 e. The van der Waals surface area contributed by atoms with Crippen LogP contribution < -0.4 is 4.72 Å². The fourth-order valence-corrected chi connectivity index (χ4v) is 2.67. The van der Waals surface area contributed by atoms with E-state index in [-0.39, 0.29) is 12.3 Å². The number of benzene rings is 1. The average Bonchev–Trinajstić information content (AvgIpc) is 2.34. The molecule has 0 radical (unpaired) electrons. The third-order valence-electron chi connectivity index (χ3n) is 2.50. The molecule has 0 unspecified atom stereocenters. The van der Waals surface area contributed by atoms with Crippen LogP contribution in [-0.2, 0) is 10.0 Å². The van der Waals surface area contributed by atoms with Gasteiger partial charge in [-0.1, -0.05) is 25.5 Å². The topological polar surface area (TPSA) is 66.4 Å². The van der Waals surface area contributed by atoms with Crippen LogP contribution in [0.2, 0.25) is 0 Å². The summed E-state index contributed by atoms with van der Waals surface area (Å²) in [7, 11) is -3.36. The predicted octanol–water partition coefficient (Wildman–Crippen LogP) is 1.58.